The van der Waals surface area contributed by atoms with E-state index in [-0.39, 0.29) is 29.1 Å². The SMILES string of the molecule is COC(=O)c1c(-c2ccc(F)cc2)csc1NC(=O)CSc1nnc(C(C)Oc2ccc(OC)cc2)n1C. The number of benzene rings is 2. The van der Waals surface area contributed by atoms with Crippen molar-refractivity contribution in [3.05, 3.63) is 71.1 Å². The van der Waals surface area contributed by atoms with Crippen molar-refractivity contribution in [2.75, 3.05) is 25.3 Å². The fraction of sp³-hybridized carbons (Fsp3) is 0.231. The van der Waals surface area contributed by atoms with Crippen LogP contribution in [0.3, 0.4) is 0 Å². The molecule has 0 aliphatic heterocycles. The third-order valence-corrected chi connectivity index (χ3v) is 7.44. The van der Waals surface area contributed by atoms with Crippen LogP contribution in [0.2, 0.25) is 0 Å². The monoisotopic (exact) mass is 556 g/mol. The third kappa shape index (κ3) is 6.14. The zero-order valence-corrected chi connectivity index (χ0v) is 22.7. The number of hydrogen-bond donors (Lipinski definition) is 1. The summed E-state index contributed by atoms with van der Waals surface area (Å²) in [5, 5.41) is 13.8. The summed E-state index contributed by atoms with van der Waals surface area (Å²) in [7, 11) is 4.66. The predicted octanol–water partition coefficient (Wildman–Crippen LogP) is 5.35. The van der Waals surface area contributed by atoms with Gasteiger partial charge in [-0.15, -0.1) is 21.5 Å². The van der Waals surface area contributed by atoms with Gasteiger partial charge in [-0.3, -0.25) is 4.79 Å². The number of amides is 1. The number of anilines is 1. The Kier molecular flexibility index (Phi) is 8.64. The number of hydrogen-bond acceptors (Lipinski definition) is 9. The third-order valence-electron chi connectivity index (χ3n) is 5.53. The zero-order chi connectivity index (χ0) is 27.2. The molecule has 1 atom stereocenters. The van der Waals surface area contributed by atoms with E-state index in [1.165, 1.54) is 42.3 Å². The van der Waals surface area contributed by atoms with Gasteiger partial charge >= 0.3 is 5.97 Å². The second-order valence-corrected chi connectivity index (χ2v) is 9.85. The molecule has 1 unspecified atom stereocenters. The Hall–Kier alpha value is -3.90. The lowest BCUT2D eigenvalue weighted by atomic mass is 10.0. The molecule has 0 aliphatic rings. The van der Waals surface area contributed by atoms with Crippen LogP contribution in [0.5, 0.6) is 11.5 Å². The second kappa shape index (κ2) is 12.1. The van der Waals surface area contributed by atoms with Gasteiger partial charge < -0.3 is 24.1 Å². The maximum Gasteiger partial charge on any atom is 0.341 e. The van der Waals surface area contributed by atoms with Crippen molar-refractivity contribution in [2.45, 2.75) is 18.2 Å². The molecule has 0 spiro atoms. The first-order valence-electron chi connectivity index (χ1n) is 11.4. The van der Waals surface area contributed by atoms with Crippen LogP contribution in [0.15, 0.2) is 59.1 Å². The molecule has 0 bridgehead atoms. The molecule has 9 nitrogen and oxygen atoms in total. The highest BCUT2D eigenvalue weighted by atomic mass is 32.2. The number of carbonyl (C=O) groups excluding carboxylic acids is 2. The Bertz CT molecular complexity index is 1420. The van der Waals surface area contributed by atoms with Crippen molar-refractivity contribution in [3.8, 4) is 22.6 Å². The number of methoxy groups -OCH3 is 2. The molecule has 0 saturated carbocycles. The molecule has 0 fully saturated rings. The Labute approximate surface area is 226 Å². The summed E-state index contributed by atoms with van der Waals surface area (Å²) < 4.78 is 31.2. The van der Waals surface area contributed by atoms with E-state index in [1.807, 2.05) is 6.92 Å². The smallest absolute Gasteiger partial charge is 0.341 e. The molecule has 2 heterocycles. The number of nitrogens with zero attached hydrogens (tertiary/aromatic N) is 3. The van der Waals surface area contributed by atoms with E-state index in [0.29, 0.717) is 32.9 Å². The lowest BCUT2D eigenvalue weighted by Gasteiger charge is -2.14. The number of rotatable bonds is 10. The Balaban J connectivity index is 1.41. The number of aromatic nitrogens is 3. The summed E-state index contributed by atoms with van der Waals surface area (Å²) in [4.78, 5) is 25.3. The van der Waals surface area contributed by atoms with Crippen LogP contribution >= 0.6 is 23.1 Å². The van der Waals surface area contributed by atoms with E-state index < -0.39 is 5.97 Å². The van der Waals surface area contributed by atoms with Crippen LogP contribution in [-0.2, 0) is 16.6 Å². The van der Waals surface area contributed by atoms with Crippen molar-refractivity contribution >= 4 is 40.0 Å². The van der Waals surface area contributed by atoms with Crippen molar-refractivity contribution in [1.82, 2.24) is 14.8 Å². The van der Waals surface area contributed by atoms with Gasteiger partial charge in [0.05, 0.1) is 20.0 Å². The highest BCUT2D eigenvalue weighted by Crippen LogP contribution is 2.36. The van der Waals surface area contributed by atoms with Crippen molar-refractivity contribution in [3.63, 3.8) is 0 Å². The summed E-state index contributed by atoms with van der Waals surface area (Å²) in [6.07, 6.45) is -0.386. The molecule has 2 aromatic carbocycles. The molecule has 12 heteroatoms. The van der Waals surface area contributed by atoms with E-state index in [9.17, 15) is 14.0 Å². The van der Waals surface area contributed by atoms with Gasteiger partial charge in [0, 0.05) is 18.0 Å². The van der Waals surface area contributed by atoms with E-state index in [1.54, 1.807) is 60.5 Å². The first-order chi connectivity index (χ1) is 18.3. The molecule has 0 aliphatic carbocycles. The van der Waals surface area contributed by atoms with Crippen LogP contribution in [0.25, 0.3) is 11.1 Å². The Morgan fingerprint density at radius 2 is 1.76 bits per heavy atom. The van der Waals surface area contributed by atoms with Gasteiger partial charge in [-0.25, -0.2) is 9.18 Å². The Morgan fingerprint density at radius 3 is 2.42 bits per heavy atom. The summed E-state index contributed by atoms with van der Waals surface area (Å²) in [5.41, 5.74) is 1.40. The quantitative estimate of drug-likeness (QED) is 0.206. The second-order valence-electron chi connectivity index (χ2n) is 8.02. The van der Waals surface area contributed by atoms with Crippen molar-refractivity contribution < 1.29 is 28.2 Å². The number of carbonyl (C=O) groups is 2. The van der Waals surface area contributed by atoms with Crippen molar-refractivity contribution in [2.24, 2.45) is 7.05 Å². The number of ether oxygens (including phenoxy) is 3. The maximum absolute atomic E-state index is 13.4. The van der Waals surface area contributed by atoms with Gasteiger partial charge in [-0.1, -0.05) is 23.9 Å². The molecule has 38 heavy (non-hydrogen) atoms. The fourth-order valence-electron chi connectivity index (χ4n) is 3.61. The van der Waals surface area contributed by atoms with Gasteiger partial charge in [0.2, 0.25) is 5.91 Å². The van der Waals surface area contributed by atoms with Gasteiger partial charge in [-0.05, 0) is 48.9 Å². The largest absolute Gasteiger partial charge is 0.497 e. The number of thiophene rings is 1. The lowest BCUT2D eigenvalue weighted by Crippen LogP contribution is -2.16. The van der Waals surface area contributed by atoms with Crippen LogP contribution in [0, 0.1) is 5.82 Å². The van der Waals surface area contributed by atoms with Crippen LogP contribution in [-0.4, -0.2) is 46.6 Å². The molecule has 2 aromatic heterocycles. The van der Waals surface area contributed by atoms with E-state index in [4.69, 9.17) is 14.2 Å². The zero-order valence-electron chi connectivity index (χ0n) is 21.1. The molecule has 4 aromatic rings. The van der Waals surface area contributed by atoms with E-state index >= 15 is 0 Å². The summed E-state index contributed by atoms with van der Waals surface area (Å²) in [5.74, 6) is 0.698. The van der Waals surface area contributed by atoms with Crippen LogP contribution in [0.1, 0.15) is 29.2 Å². The molecule has 1 N–H and O–H groups in total. The van der Waals surface area contributed by atoms with E-state index in [2.05, 4.69) is 15.5 Å². The van der Waals surface area contributed by atoms with Gasteiger partial charge in [-0.2, -0.15) is 0 Å². The summed E-state index contributed by atoms with van der Waals surface area (Å²) in [6, 6.07) is 13.0. The lowest BCUT2D eigenvalue weighted by molar-refractivity contribution is -0.113. The molecule has 198 valence electrons. The fourth-order valence-corrected chi connectivity index (χ4v) is 5.30. The maximum atomic E-state index is 13.4. The van der Waals surface area contributed by atoms with E-state index in [0.717, 1.165) is 5.75 Å². The minimum atomic E-state index is -0.600. The highest BCUT2D eigenvalue weighted by Gasteiger charge is 2.23. The Morgan fingerprint density at radius 1 is 1.08 bits per heavy atom. The predicted molar refractivity (Wildman–Crippen MR) is 143 cm³/mol. The van der Waals surface area contributed by atoms with Crippen molar-refractivity contribution in [1.29, 1.82) is 0 Å². The average molecular weight is 557 g/mol. The topological polar surface area (TPSA) is 105 Å². The minimum absolute atomic E-state index is 0.0318. The highest BCUT2D eigenvalue weighted by molar-refractivity contribution is 7.99. The van der Waals surface area contributed by atoms with Crippen LogP contribution < -0.4 is 14.8 Å². The molecule has 0 saturated heterocycles. The first kappa shape index (κ1) is 27.1. The molecule has 0 radical (unpaired) electrons. The van der Waals surface area contributed by atoms with Crippen LogP contribution in [0.4, 0.5) is 9.39 Å². The van der Waals surface area contributed by atoms with Gasteiger partial charge in [0.15, 0.2) is 17.1 Å². The number of halogens is 1. The normalized spacial score (nSPS) is 11.6. The summed E-state index contributed by atoms with van der Waals surface area (Å²) in [6.45, 7) is 1.86. The molecule has 1 amide bonds. The number of esters is 1. The molecule has 4 rings (SSSR count). The first-order valence-corrected chi connectivity index (χ1v) is 13.3. The van der Waals surface area contributed by atoms with Gasteiger partial charge in [0.1, 0.15) is 27.9 Å². The number of thioether (sulfide) groups is 1. The minimum Gasteiger partial charge on any atom is -0.497 e. The number of nitrogens with one attached hydrogen (secondary N) is 1. The standard InChI is InChI=1S/C26H25FN4O5S2/c1-15(36-19-11-9-18(34-3)10-12-19)23-29-30-26(31(23)2)38-14-21(32)28-24-22(25(33)35-4)20(13-37-24)16-5-7-17(27)8-6-16/h5-13,15H,14H2,1-4H3,(H,28,32). The molecular weight excluding hydrogens is 531 g/mol. The van der Waals surface area contributed by atoms with Gasteiger partial charge in [0.25, 0.3) is 0 Å². The molecular formula is C26H25FN4O5S2. The average Bonchev–Trinajstić information content (AvgIpc) is 3.51. The summed E-state index contributed by atoms with van der Waals surface area (Å²) >= 11 is 2.39.